The zero-order valence-corrected chi connectivity index (χ0v) is 23.7. The minimum absolute atomic E-state index is 0.0861. The number of halogens is 1. The highest BCUT2D eigenvalue weighted by Gasteiger charge is 2.49. The molecule has 2 aromatic carbocycles. The summed E-state index contributed by atoms with van der Waals surface area (Å²) in [6.45, 7) is 4.50. The van der Waals surface area contributed by atoms with Gasteiger partial charge in [-0.05, 0) is 110 Å². The standard InChI is InChI=1S/C34H43ClN2/c1-3-5-7-9-28-13-11-26(23-32(28)35)10-12-27-14-15-31(30(25-37)29(27)24-36)34-20-17-33(18-21-34,19-22-34)16-8-6-4-2/h11,13-15,23H,3-10,12,16-22H2,1-2H3. The fourth-order valence-electron chi connectivity index (χ4n) is 7.13. The van der Waals surface area contributed by atoms with Gasteiger partial charge in [0.05, 0.1) is 11.1 Å². The largest absolute Gasteiger partial charge is 0.192 e. The third-order valence-electron chi connectivity index (χ3n) is 9.65. The topological polar surface area (TPSA) is 47.6 Å². The van der Waals surface area contributed by atoms with Crippen molar-refractivity contribution >= 4 is 11.6 Å². The first-order valence-electron chi connectivity index (χ1n) is 14.7. The lowest BCUT2D eigenvalue weighted by atomic mass is 9.50. The van der Waals surface area contributed by atoms with Crippen LogP contribution >= 0.6 is 11.6 Å². The van der Waals surface area contributed by atoms with E-state index in [4.69, 9.17) is 11.6 Å². The van der Waals surface area contributed by atoms with Crippen LogP contribution in [-0.4, -0.2) is 0 Å². The molecule has 196 valence electrons. The van der Waals surface area contributed by atoms with Crippen LogP contribution in [0.2, 0.25) is 5.02 Å². The van der Waals surface area contributed by atoms with Crippen LogP contribution in [0.3, 0.4) is 0 Å². The van der Waals surface area contributed by atoms with Crippen molar-refractivity contribution in [3.05, 3.63) is 68.7 Å². The molecule has 2 nitrogen and oxygen atoms in total. The van der Waals surface area contributed by atoms with Gasteiger partial charge >= 0.3 is 0 Å². The number of nitriles is 2. The molecule has 37 heavy (non-hydrogen) atoms. The molecule has 0 saturated heterocycles. The second-order valence-electron chi connectivity index (χ2n) is 11.9. The molecule has 0 heterocycles. The van der Waals surface area contributed by atoms with Crippen molar-refractivity contribution in [3.8, 4) is 12.1 Å². The van der Waals surface area contributed by atoms with E-state index in [1.807, 2.05) is 0 Å². The van der Waals surface area contributed by atoms with Crippen LogP contribution in [-0.2, 0) is 24.7 Å². The summed E-state index contributed by atoms with van der Waals surface area (Å²) in [6.07, 6.45) is 18.9. The Bertz CT molecular complexity index is 1140. The van der Waals surface area contributed by atoms with E-state index in [0.717, 1.165) is 35.4 Å². The van der Waals surface area contributed by atoms with E-state index in [9.17, 15) is 10.5 Å². The van der Waals surface area contributed by atoms with Gasteiger partial charge in [0.1, 0.15) is 12.1 Å². The minimum atomic E-state index is 0.0861. The number of fused-ring (bicyclic) bond motifs is 3. The monoisotopic (exact) mass is 514 g/mol. The number of unbranched alkanes of at least 4 members (excludes halogenated alkanes) is 4. The van der Waals surface area contributed by atoms with E-state index in [-0.39, 0.29) is 5.41 Å². The molecule has 0 amide bonds. The molecule has 3 aliphatic rings. The number of rotatable bonds is 12. The van der Waals surface area contributed by atoms with Gasteiger partial charge in [-0.2, -0.15) is 10.5 Å². The SMILES string of the molecule is CCCCCc1ccc(CCc2ccc(C34CCC(CCCCC)(CC3)CC4)c(C#N)c2C#N)cc1Cl. The van der Waals surface area contributed by atoms with Gasteiger partial charge in [-0.3, -0.25) is 0 Å². The third-order valence-corrected chi connectivity index (χ3v) is 10.0. The van der Waals surface area contributed by atoms with Crippen molar-refractivity contribution in [3.63, 3.8) is 0 Å². The Kier molecular flexibility index (Phi) is 9.37. The van der Waals surface area contributed by atoms with E-state index in [1.54, 1.807) is 0 Å². The number of hydrogen-bond donors (Lipinski definition) is 0. The predicted molar refractivity (Wildman–Crippen MR) is 154 cm³/mol. The molecule has 0 radical (unpaired) electrons. The number of benzene rings is 2. The zero-order chi connectivity index (χ0) is 26.3. The molecule has 3 aliphatic carbocycles. The average molecular weight is 515 g/mol. The summed E-state index contributed by atoms with van der Waals surface area (Å²) in [5, 5.41) is 21.2. The van der Waals surface area contributed by atoms with E-state index < -0.39 is 0 Å². The van der Waals surface area contributed by atoms with E-state index in [1.165, 1.54) is 94.6 Å². The van der Waals surface area contributed by atoms with Crippen molar-refractivity contribution in [2.75, 3.05) is 0 Å². The van der Waals surface area contributed by atoms with Gasteiger partial charge in [-0.15, -0.1) is 0 Å². The fourth-order valence-corrected chi connectivity index (χ4v) is 7.42. The highest BCUT2D eigenvalue weighted by Crippen LogP contribution is 2.60. The van der Waals surface area contributed by atoms with Gasteiger partial charge < -0.3 is 0 Å². The van der Waals surface area contributed by atoms with Gasteiger partial charge in [0, 0.05) is 5.02 Å². The Hall–Kier alpha value is -2.29. The lowest BCUT2D eigenvalue weighted by Gasteiger charge is -2.54. The summed E-state index contributed by atoms with van der Waals surface area (Å²) >= 11 is 6.59. The Morgan fingerprint density at radius 1 is 0.730 bits per heavy atom. The normalized spacial score (nSPS) is 22.5. The molecule has 0 unspecified atom stereocenters. The molecule has 2 bridgehead atoms. The first kappa shape index (κ1) is 27.7. The zero-order valence-electron chi connectivity index (χ0n) is 23.0. The Labute approximate surface area is 230 Å². The first-order chi connectivity index (χ1) is 18.0. The summed E-state index contributed by atoms with van der Waals surface area (Å²) in [5.41, 5.74) is 6.41. The lowest BCUT2D eigenvalue weighted by molar-refractivity contribution is 0.0304. The van der Waals surface area contributed by atoms with Crippen LogP contribution in [0.4, 0.5) is 0 Å². The summed E-state index contributed by atoms with van der Waals surface area (Å²) < 4.78 is 0. The molecule has 0 N–H and O–H groups in total. The molecule has 3 saturated carbocycles. The molecule has 3 fully saturated rings. The van der Waals surface area contributed by atoms with Crippen molar-refractivity contribution in [2.24, 2.45) is 5.41 Å². The number of hydrogen-bond acceptors (Lipinski definition) is 2. The Morgan fingerprint density at radius 2 is 1.38 bits per heavy atom. The summed E-state index contributed by atoms with van der Waals surface area (Å²) in [7, 11) is 0. The highest BCUT2D eigenvalue weighted by molar-refractivity contribution is 6.31. The Morgan fingerprint density at radius 3 is 2.00 bits per heavy atom. The molecule has 0 spiro atoms. The van der Waals surface area contributed by atoms with Crippen LogP contribution in [0.1, 0.15) is 131 Å². The van der Waals surface area contributed by atoms with Gasteiger partial charge in [0.25, 0.3) is 0 Å². The summed E-state index contributed by atoms with van der Waals surface area (Å²) in [6, 6.07) is 15.7. The van der Waals surface area contributed by atoms with Gasteiger partial charge in [-0.1, -0.05) is 81.8 Å². The molecular formula is C34H43ClN2. The average Bonchev–Trinajstić information content (AvgIpc) is 2.93. The van der Waals surface area contributed by atoms with Crippen LogP contribution in [0, 0.1) is 28.1 Å². The molecule has 0 aromatic heterocycles. The molecule has 0 aliphatic heterocycles. The third kappa shape index (κ3) is 6.07. The molecule has 5 rings (SSSR count). The van der Waals surface area contributed by atoms with Crippen LogP contribution < -0.4 is 0 Å². The highest BCUT2D eigenvalue weighted by atomic mass is 35.5. The number of nitrogens with zero attached hydrogens (tertiary/aromatic N) is 2. The van der Waals surface area contributed by atoms with E-state index in [2.05, 4.69) is 56.3 Å². The quantitative estimate of drug-likeness (QED) is 0.264. The molecule has 3 heteroatoms. The van der Waals surface area contributed by atoms with E-state index >= 15 is 0 Å². The van der Waals surface area contributed by atoms with Crippen LogP contribution in [0.5, 0.6) is 0 Å². The van der Waals surface area contributed by atoms with Gasteiger partial charge in [0.15, 0.2) is 0 Å². The van der Waals surface area contributed by atoms with Crippen molar-refractivity contribution in [1.82, 2.24) is 0 Å². The second kappa shape index (κ2) is 12.5. The predicted octanol–water partition coefficient (Wildman–Crippen LogP) is 9.77. The fraction of sp³-hybridized carbons (Fsp3) is 0.588. The molecule has 2 aromatic rings. The van der Waals surface area contributed by atoms with Crippen molar-refractivity contribution in [2.45, 2.75) is 122 Å². The smallest absolute Gasteiger partial charge is 0.101 e. The lowest BCUT2D eigenvalue weighted by Crippen LogP contribution is -2.44. The number of aryl methyl sites for hydroxylation is 3. The van der Waals surface area contributed by atoms with Gasteiger partial charge in [0.2, 0.25) is 0 Å². The minimum Gasteiger partial charge on any atom is -0.192 e. The van der Waals surface area contributed by atoms with Crippen molar-refractivity contribution < 1.29 is 0 Å². The second-order valence-corrected chi connectivity index (χ2v) is 12.3. The van der Waals surface area contributed by atoms with Crippen LogP contribution in [0.15, 0.2) is 30.3 Å². The molecular weight excluding hydrogens is 472 g/mol. The van der Waals surface area contributed by atoms with E-state index in [0.29, 0.717) is 16.5 Å². The maximum Gasteiger partial charge on any atom is 0.101 e. The Balaban J connectivity index is 1.48. The van der Waals surface area contributed by atoms with Gasteiger partial charge in [-0.25, -0.2) is 0 Å². The summed E-state index contributed by atoms with van der Waals surface area (Å²) in [5.74, 6) is 0. The maximum atomic E-state index is 10.2. The van der Waals surface area contributed by atoms with Crippen molar-refractivity contribution in [1.29, 1.82) is 10.5 Å². The summed E-state index contributed by atoms with van der Waals surface area (Å²) in [4.78, 5) is 0. The maximum absolute atomic E-state index is 10.2. The van der Waals surface area contributed by atoms with Crippen LogP contribution in [0.25, 0.3) is 0 Å². The first-order valence-corrected chi connectivity index (χ1v) is 15.1. The molecule has 0 atom stereocenters.